The van der Waals surface area contributed by atoms with E-state index in [2.05, 4.69) is 4.98 Å². The highest BCUT2D eigenvalue weighted by atomic mass is 127. The largest absolute Gasteiger partial charge is 0.265 e. The van der Waals surface area contributed by atoms with Crippen molar-refractivity contribution in [1.29, 1.82) is 0 Å². The predicted molar refractivity (Wildman–Crippen MR) is 54.6 cm³/mol. The van der Waals surface area contributed by atoms with Crippen LogP contribution in [0.25, 0.3) is 0 Å². The van der Waals surface area contributed by atoms with Gasteiger partial charge in [0.1, 0.15) is 3.70 Å². The Bertz CT molecular complexity index is 265. The van der Waals surface area contributed by atoms with E-state index in [0.717, 1.165) is 0 Å². The van der Waals surface area contributed by atoms with Crippen LogP contribution in [0.3, 0.4) is 0 Å². The van der Waals surface area contributed by atoms with Crippen molar-refractivity contribution in [2.45, 2.75) is 6.43 Å². The molecule has 1 rings (SSSR count). The zero-order valence-electron chi connectivity index (χ0n) is 5.19. The van der Waals surface area contributed by atoms with E-state index < -0.39 is 6.43 Å². The number of rotatable bonds is 1. The summed E-state index contributed by atoms with van der Waals surface area (Å²) in [5.41, 5.74) is 0.0602. The molecule has 1 aromatic heterocycles. The van der Waals surface area contributed by atoms with E-state index in [0.29, 0.717) is 7.27 Å². The van der Waals surface area contributed by atoms with Crippen LogP contribution >= 0.6 is 45.2 Å². The minimum Gasteiger partial charge on any atom is -0.249 e. The molecule has 0 unspecified atom stereocenters. The maximum Gasteiger partial charge on any atom is 0.265 e. The summed E-state index contributed by atoms with van der Waals surface area (Å²) < 4.78 is 25.5. The van der Waals surface area contributed by atoms with Gasteiger partial charge in [0.2, 0.25) is 0 Å². The van der Waals surface area contributed by atoms with E-state index >= 15 is 0 Å². The molecular weight excluding hydrogens is 378 g/mol. The minimum atomic E-state index is -2.40. The number of halogens is 4. The standard InChI is InChI=1S/C6H3F2I2N/c7-5(8)3-1-2-11-6(10)4(3)9/h1-2,5H. The molecule has 0 bridgehead atoms. The lowest BCUT2D eigenvalue weighted by molar-refractivity contribution is 0.150. The minimum absolute atomic E-state index is 0.0602. The molecule has 1 heterocycles. The van der Waals surface area contributed by atoms with Gasteiger partial charge in [-0.05, 0) is 51.2 Å². The van der Waals surface area contributed by atoms with Crippen molar-refractivity contribution in [3.63, 3.8) is 0 Å². The third kappa shape index (κ3) is 2.20. The van der Waals surface area contributed by atoms with Crippen LogP contribution in [-0.2, 0) is 0 Å². The summed E-state index contributed by atoms with van der Waals surface area (Å²) in [6.45, 7) is 0. The van der Waals surface area contributed by atoms with Crippen LogP contribution in [0.4, 0.5) is 8.78 Å². The fourth-order valence-electron chi connectivity index (χ4n) is 0.600. The average Bonchev–Trinajstić information content (AvgIpc) is 1.94. The van der Waals surface area contributed by atoms with Crippen molar-refractivity contribution in [1.82, 2.24) is 4.98 Å². The normalized spacial score (nSPS) is 10.6. The van der Waals surface area contributed by atoms with Crippen molar-refractivity contribution < 1.29 is 8.78 Å². The molecule has 11 heavy (non-hydrogen) atoms. The van der Waals surface area contributed by atoms with Crippen LogP contribution in [0.5, 0.6) is 0 Å². The molecule has 0 fully saturated rings. The Labute approximate surface area is 89.9 Å². The SMILES string of the molecule is FC(F)c1ccnc(I)c1I. The quantitative estimate of drug-likeness (QED) is 0.538. The molecule has 0 saturated carbocycles. The topological polar surface area (TPSA) is 12.9 Å². The van der Waals surface area contributed by atoms with Gasteiger partial charge in [0.25, 0.3) is 6.43 Å². The Morgan fingerprint density at radius 1 is 1.36 bits per heavy atom. The molecule has 0 aliphatic heterocycles. The van der Waals surface area contributed by atoms with Crippen molar-refractivity contribution in [3.8, 4) is 0 Å². The van der Waals surface area contributed by atoms with Gasteiger partial charge in [-0.1, -0.05) is 0 Å². The van der Waals surface area contributed by atoms with E-state index in [9.17, 15) is 8.78 Å². The highest BCUT2D eigenvalue weighted by Crippen LogP contribution is 2.25. The molecule has 0 saturated heterocycles. The second-order valence-electron chi connectivity index (χ2n) is 1.81. The second-order valence-corrected chi connectivity index (χ2v) is 3.91. The molecule has 0 radical (unpaired) electrons. The van der Waals surface area contributed by atoms with Crippen LogP contribution in [0.2, 0.25) is 0 Å². The van der Waals surface area contributed by atoms with E-state index in [1.165, 1.54) is 12.3 Å². The van der Waals surface area contributed by atoms with Gasteiger partial charge in [-0.25, -0.2) is 13.8 Å². The maximum atomic E-state index is 12.2. The Kier molecular flexibility index (Phi) is 3.41. The van der Waals surface area contributed by atoms with Gasteiger partial charge in [-0.3, -0.25) is 0 Å². The molecule has 0 amide bonds. The molecule has 0 N–H and O–H groups in total. The van der Waals surface area contributed by atoms with Gasteiger partial charge in [0.05, 0.1) is 3.57 Å². The Morgan fingerprint density at radius 2 is 2.00 bits per heavy atom. The first-order valence-corrected chi connectivity index (χ1v) is 4.86. The number of aromatic nitrogens is 1. The predicted octanol–water partition coefficient (Wildman–Crippen LogP) is 3.23. The molecular formula is C6H3F2I2N. The summed E-state index contributed by atoms with van der Waals surface area (Å²) in [7, 11) is 0. The van der Waals surface area contributed by atoms with Crippen LogP contribution in [0, 0.1) is 7.27 Å². The lowest BCUT2D eigenvalue weighted by Gasteiger charge is -2.02. The smallest absolute Gasteiger partial charge is 0.249 e. The van der Waals surface area contributed by atoms with Crippen LogP contribution in [0.1, 0.15) is 12.0 Å². The lowest BCUT2D eigenvalue weighted by Crippen LogP contribution is -1.94. The highest BCUT2D eigenvalue weighted by molar-refractivity contribution is 14.1. The first kappa shape index (κ1) is 9.56. The Balaban J connectivity index is 3.17. The fraction of sp³-hybridized carbons (Fsp3) is 0.167. The van der Waals surface area contributed by atoms with Gasteiger partial charge in [0.15, 0.2) is 0 Å². The zero-order valence-corrected chi connectivity index (χ0v) is 9.51. The molecule has 5 heteroatoms. The second kappa shape index (κ2) is 3.92. The number of alkyl halides is 2. The molecule has 0 aromatic carbocycles. The van der Waals surface area contributed by atoms with E-state index in [4.69, 9.17) is 0 Å². The van der Waals surface area contributed by atoms with E-state index in [-0.39, 0.29) is 5.56 Å². The van der Waals surface area contributed by atoms with E-state index in [1.54, 1.807) is 0 Å². The molecule has 0 aliphatic rings. The lowest BCUT2D eigenvalue weighted by atomic mass is 10.3. The highest BCUT2D eigenvalue weighted by Gasteiger charge is 2.12. The van der Waals surface area contributed by atoms with Crippen molar-refractivity contribution in [3.05, 3.63) is 25.1 Å². The molecule has 60 valence electrons. The van der Waals surface area contributed by atoms with Crippen molar-refractivity contribution in [2.24, 2.45) is 0 Å². The summed E-state index contributed by atoms with van der Waals surface area (Å²) in [6.07, 6.45) is -1.01. The van der Waals surface area contributed by atoms with Gasteiger partial charge < -0.3 is 0 Å². The first-order valence-electron chi connectivity index (χ1n) is 2.71. The van der Waals surface area contributed by atoms with Crippen molar-refractivity contribution >= 4 is 45.2 Å². The number of hydrogen-bond donors (Lipinski definition) is 0. The molecule has 1 nitrogen and oxygen atoms in total. The maximum absolute atomic E-state index is 12.2. The Hall–Kier alpha value is 0.470. The summed E-state index contributed by atoms with van der Waals surface area (Å²) >= 11 is 3.80. The molecule has 1 aromatic rings. The van der Waals surface area contributed by atoms with Crippen molar-refractivity contribution in [2.75, 3.05) is 0 Å². The van der Waals surface area contributed by atoms with Crippen LogP contribution in [0.15, 0.2) is 12.3 Å². The zero-order chi connectivity index (χ0) is 8.43. The molecule has 0 spiro atoms. The van der Waals surface area contributed by atoms with Gasteiger partial charge in [-0.15, -0.1) is 0 Å². The summed E-state index contributed by atoms with van der Waals surface area (Å²) in [5.74, 6) is 0. The summed E-state index contributed by atoms with van der Waals surface area (Å²) in [4.78, 5) is 3.87. The third-order valence-corrected chi connectivity index (χ3v) is 4.10. The third-order valence-electron chi connectivity index (χ3n) is 1.11. The summed E-state index contributed by atoms with van der Waals surface area (Å²) in [5, 5.41) is 0. The summed E-state index contributed by atoms with van der Waals surface area (Å²) in [6, 6.07) is 1.34. The van der Waals surface area contributed by atoms with Crippen LogP contribution in [-0.4, -0.2) is 4.98 Å². The fourth-order valence-corrected chi connectivity index (χ4v) is 1.63. The first-order chi connectivity index (χ1) is 5.13. The number of nitrogens with zero attached hydrogens (tertiary/aromatic N) is 1. The molecule has 0 aliphatic carbocycles. The molecule has 0 atom stereocenters. The van der Waals surface area contributed by atoms with Gasteiger partial charge >= 0.3 is 0 Å². The monoisotopic (exact) mass is 381 g/mol. The number of pyridine rings is 1. The van der Waals surface area contributed by atoms with Crippen LogP contribution < -0.4 is 0 Å². The van der Waals surface area contributed by atoms with Gasteiger partial charge in [-0.2, -0.15) is 0 Å². The van der Waals surface area contributed by atoms with E-state index in [1.807, 2.05) is 45.2 Å². The number of hydrogen-bond acceptors (Lipinski definition) is 1. The Morgan fingerprint density at radius 3 is 2.45 bits per heavy atom. The van der Waals surface area contributed by atoms with Gasteiger partial charge in [0, 0.05) is 11.8 Å². The average molecular weight is 381 g/mol.